The van der Waals surface area contributed by atoms with E-state index < -0.39 is 0 Å². The van der Waals surface area contributed by atoms with Crippen LogP contribution < -0.4 is 5.32 Å². The van der Waals surface area contributed by atoms with E-state index in [-0.39, 0.29) is 11.3 Å². The van der Waals surface area contributed by atoms with Crippen LogP contribution >= 0.6 is 0 Å². The van der Waals surface area contributed by atoms with E-state index in [1.807, 2.05) is 14.1 Å². The highest BCUT2D eigenvalue weighted by molar-refractivity contribution is 5.77. The molecule has 2 amide bonds. The summed E-state index contributed by atoms with van der Waals surface area (Å²) in [5.74, 6) is 3.43. The van der Waals surface area contributed by atoms with Gasteiger partial charge in [0.1, 0.15) is 0 Å². The van der Waals surface area contributed by atoms with Crippen molar-refractivity contribution in [3.63, 3.8) is 0 Å². The van der Waals surface area contributed by atoms with Crippen molar-refractivity contribution in [3.05, 3.63) is 0 Å². The van der Waals surface area contributed by atoms with Gasteiger partial charge in [-0.2, -0.15) is 0 Å². The molecule has 0 aromatic rings. The Bertz CT molecular complexity index is 603. The first-order valence-corrected chi connectivity index (χ1v) is 10.8. The van der Waals surface area contributed by atoms with Crippen molar-refractivity contribution < 1.29 is 9.59 Å². The van der Waals surface area contributed by atoms with Gasteiger partial charge in [-0.15, -0.1) is 0 Å². The van der Waals surface area contributed by atoms with E-state index in [4.69, 9.17) is 0 Å². The minimum Gasteiger partial charge on any atom is -0.353 e. The monoisotopic (exact) mass is 360 g/mol. The number of piperidine rings is 1. The predicted octanol–water partition coefficient (Wildman–Crippen LogP) is 3.60. The Morgan fingerprint density at radius 1 is 1.04 bits per heavy atom. The largest absolute Gasteiger partial charge is 0.353 e. The molecular weight excluding hydrogens is 324 g/mol. The van der Waals surface area contributed by atoms with Gasteiger partial charge in [0.15, 0.2) is 0 Å². The highest BCUT2D eigenvalue weighted by atomic mass is 16.2. The Balaban J connectivity index is 1.54. The lowest BCUT2D eigenvalue weighted by molar-refractivity contribution is -0.138. The van der Waals surface area contributed by atoms with Crippen molar-refractivity contribution in [3.8, 4) is 0 Å². The second kappa shape index (κ2) is 6.24. The van der Waals surface area contributed by atoms with Crippen molar-refractivity contribution in [2.75, 3.05) is 14.1 Å². The SMILES string of the molecule is CN(C)C(=O)CC1CC[C@H]2[C@@H]3CCC4NC(=O)CC[C@]4(C)[C@@H]3CC[C@]12C. The van der Waals surface area contributed by atoms with Gasteiger partial charge in [-0.3, -0.25) is 9.59 Å². The molecule has 3 aliphatic carbocycles. The predicted molar refractivity (Wildman–Crippen MR) is 102 cm³/mol. The number of hydrogen-bond acceptors (Lipinski definition) is 2. The number of fused-ring (bicyclic) bond motifs is 5. The standard InChI is InChI=1S/C22H36N2O2/c1-21-11-9-17-15(6-8-18-22(17,2)12-10-19(25)23-18)16(21)7-5-14(21)13-20(26)24(3)4/h14-18H,5-13H2,1-4H3,(H,23,25)/t14?,15-,16-,17+,18?,21+,22+/m0/s1. The normalized spacial score (nSPS) is 47.4. The molecule has 0 radical (unpaired) electrons. The summed E-state index contributed by atoms with van der Waals surface area (Å²) in [7, 11) is 3.76. The van der Waals surface area contributed by atoms with Gasteiger partial charge in [-0.25, -0.2) is 0 Å². The Morgan fingerprint density at radius 3 is 2.50 bits per heavy atom. The molecule has 146 valence electrons. The second-order valence-corrected chi connectivity index (χ2v) is 10.4. The van der Waals surface area contributed by atoms with Gasteiger partial charge >= 0.3 is 0 Å². The summed E-state index contributed by atoms with van der Waals surface area (Å²) in [6.45, 7) is 4.95. The van der Waals surface area contributed by atoms with Gasteiger partial charge in [0.05, 0.1) is 0 Å². The Hall–Kier alpha value is -1.06. The Kier molecular flexibility index (Phi) is 4.39. The van der Waals surface area contributed by atoms with Crippen LogP contribution in [0.2, 0.25) is 0 Å². The van der Waals surface area contributed by atoms with Crippen LogP contribution in [-0.4, -0.2) is 36.9 Å². The number of amides is 2. The van der Waals surface area contributed by atoms with Crippen LogP contribution in [0.1, 0.15) is 71.6 Å². The average molecular weight is 361 g/mol. The molecular formula is C22H36N2O2. The summed E-state index contributed by atoms with van der Waals surface area (Å²) in [6, 6.07) is 0.391. The van der Waals surface area contributed by atoms with Crippen LogP contribution in [0.25, 0.3) is 0 Å². The average Bonchev–Trinajstić information content (AvgIpc) is 2.92. The van der Waals surface area contributed by atoms with E-state index in [9.17, 15) is 9.59 Å². The van der Waals surface area contributed by atoms with E-state index in [1.165, 1.54) is 32.1 Å². The summed E-state index contributed by atoms with van der Waals surface area (Å²) < 4.78 is 0. The van der Waals surface area contributed by atoms with E-state index in [2.05, 4.69) is 19.2 Å². The minimum atomic E-state index is 0.259. The summed E-state index contributed by atoms with van der Waals surface area (Å²) in [4.78, 5) is 26.0. The van der Waals surface area contributed by atoms with Crippen LogP contribution in [0.5, 0.6) is 0 Å². The number of rotatable bonds is 2. The number of carbonyl (C=O) groups excluding carboxylic acids is 2. The molecule has 4 aliphatic rings. The van der Waals surface area contributed by atoms with Gasteiger partial charge in [-0.05, 0) is 79.4 Å². The number of nitrogens with zero attached hydrogens (tertiary/aromatic N) is 1. The van der Waals surface area contributed by atoms with Crippen molar-refractivity contribution in [1.29, 1.82) is 0 Å². The molecule has 1 heterocycles. The molecule has 4 rings (SSSR count). The van der Waals surface area contributed by atoms with Gasteiger partial charge in [0.2, 0.25) is 11.8 Å². The highest BCUT2D eigenvalue weighted by Crippen LogP contribution is 2.66. The molecule has 26 heavy (non-hydrogen) atoms. The van der Waals surface area contributed by atoms with Crippen molar-refractivity contribution in [1.82, 2.24) is 10.2 Å². The van der Waals surface area contributed by atoms with Gasteiger partial charge in [-0.1, -0.05) is 13.8 Å². The van der Waals surface area contributed by atoms with E-state index in [1.54, 1.807) is 4.90 Å². The second-order valence-electron chi connectivity index (χ2n) is 10.4. The molecule has 1 aliphatic heterocycles. The van der Waals surface area contributed by atoms with Gasteiger partial charge in [0, 0.05) is 33.0 Å². The lowest BCUT2D eigenvalue weighted by Gasteiger charge is -2.60. The number of hydrogen-bond donors (Lipinski definition) is 1. The zero-order valence-corrected chi connectivity index (χ0v) is 17.0. The summed E-state index contributed by atoms with van der Waals surface area (Å²) in [5.41, 5.74) is 0.629. The molecule has 7 atom stereocenters. The third-order valence-electron chi connectivity index (χ3n) is 9.21. The molecule has 1 N–H and O–H groups in total. The number of carbonyl (C=O) groups is 2. The third-order valence-corrected chi connectivity index (χ3v) is 9.21. The molecule has 3 saturated carbocycles. The van der Waals surface area contributed by atoms with E-state index in [0.29, 0.717) is 29.7 Å². The van der Waals surface area contributed by atoms with Gasteiger partial charge < -0.3 is 10.2 Å². The fourth-order valence-electron chi connectivity index (χ4n) is 7.54. The molecule has 2 unspecified atom stereocenters. The van der Waals surface area contributed by atoms with Crippen molar-refractivity contribution in [2.24, 2.45) is 34.5 Å². The Labute approximate surface area is 158 Å². The van der Waals surface area contributed by atoms with Crippen LogP contribution in [0, 0.1) is 34.5 Å². The van der Waals surface area contributed by atoms with Crippen LogP contribution in [0.15, 0.2) is 0 Å². The maximum Gasteiger partial charge on any atom is 0.222 e. The molecule has 0 aromatic heterocycles. The molecule has 4 nitrogen and oxygen atoms in total. The molecule has 0 bridgehead atoms. The molecule has 0 spiro atoms. The molecule has 0 aromatic carbocycles. The first-order chi connectivity index (χ1) is 12.3. The minimum absolute atomic E-state index is 0.259. The van der Waals surface area contributed by atoms with E-state index >= 15 is 0 Å². The van der Waals surface area contributed by atoms with Crippen molar-refractivity contribution >= 4 is 11.8 Å². The molecule has 4 heteroatoms. The first-order valence-electron chi connectivity index (χ1n) is 10.8. The summed E-state index contributed by atoms with van der Waals surface area (Å²) >= 11 is 0. The Morgan fingerprint density at radius 2 is 1.77 bits per heavy atom. The maximum absolute atomic E-state index is 12.4. The van der Waals surface area contributed by atoms with E-state index in [0.717, 1.165) is 37.0 Å². The van der Waals surface area contributed by atoms with Crippen LogP contribution in [0.4, 0.5) is 0 Å². The summed E-state index contributed by atoms with van der Waals surface area (Å²) in [6.07, 6.45) is 9.99. The molecule has 4 fully saturated rings. The topological polar surface area (TPSA) is 49.4 Å². The lowest BCUT2D eigenvalue weighted by atomic mass is 9.47. The van der Waals surface area contributed by atoms with Crippen LogP contribution in [-0.2, 0) is 9.59 Å². The third kappa shape index (κ3) is 2.62. The quantitative estimate of drug-likeness (QED) is 0.818. The zero-order chi connectivity index (χ0) is 18.7. The molecule has 1 saturated heterocycles. The maximum atomic E-state index is 12.4. The van der Waals surface area contributed by atoms with Gasteiger partial charge in [0.25, 0.3) is 0 Å². The lowest BCUT2D eigenvalue weighted by Crippen LogP contribution is -2.61. The fourth-order valence-corrected chi connectivity index (χ4v) is 7.54. The summed E-state index contributed by atoms with van der Waals surface area (Å²) in [5, 5.41) is 3.32. The number of nitrogens with one attached hydrogen (secondary N) is 1. The van der Waals surface area contributed by atoms with Crippen molar-refractivity contribution in [2.45, 2.75) is 77.7 Å². The van der Waals surface area contributed by atoms with Crippen LogP contribution in [0.3, 0.4) is 0 Å². The highest BCUT2D eigenvalue weighted by Gasteiger charge is 2.60. The fraction of sp³-hybridized carbons (Fsp3) is 0.909. The zero-order valence-electron chi connectivity index (χ0n) is 17.0. The first kappa shape index (κ1) is 18.3. The smallest absolute Gasteiger partial charge is 0.222 e.